The van der Waals surface area contributed by atoms with Gasteiger partial charge in [0.2, 0.25) is 5.91 Å². The third-order valence-electron chi connectivity index (χ3n) is 3.19. The Morgan fingerprint density at radius 2 is 1.81 bits per heavy atom. The topological polar surface area (TPSA) is 76.7 Å². The number of rotatable bonds is 6. The molecule has 1 aromatic rings. The fourth-order valence-electron chi connectivity index (χ4n) is 2.15. The van der Waals surface area contributed by atoms with Crippen molar-refractivity contribution in [2.75, 3.05) is 13.8 Å². The summed E-state index contributed by atoms with van der Waals surface area (Å²) in [5, 5.41) is 4.50. The van der Waals surface area contributed by atoms with Crippen molar-refractivity contribution < 1.29 is 36.6 Å². The van der Waals surface area contributed by atoms with Crippen molar-refractivity contribution in [1.29, 1.82) is 0 Å². The van der Waals surface area contributed by atoms with Gasteiger partial charge in [0, 0.05) is 13.5 Å². The van der Waals surface area contributed by atoms with Crippen LogP contribution in [0.5, 0.6) is 0 Å². The van der Waals surface area contributed by atoms with Crippen LogP contribution < -0.4 is 10.6 Å². The Morgan fingerprint density at radius 1 is 1.19 bits per heavy atom. The quantitative estimate of drug-likeness (QED) is 0.575. The van der Waals surface area contributed by atoms with Crippen LogP contribution in [-0.4, -0.2) is 37.5 Å². The third-order valence-corrected chi connectivity index (χ3v) is 3.19. The first-order valence-electron chi connectivity index (χ1n) is 7.95. The number of nitrogens with one attached hydrogen (secondary N) is 2. The number of carbonyl (C=O) groups is 2. The number of methoxy groups -OCH3 is 1. The van der Waals surface area contributed by atoms with E-state index < -0.39 is 53.2 Å². The maximum absolute atomic E-state index is 13.5. The van der Waals surface area contributed by atoms with Crippen molar-refractivity contribution in [3.63, 3.8) is 0 Å². The van der Waals surface area contributed by atoms with E-state index in [2.05, 4.69) is 15.4 Å². The Labute approximate surface area is 154 Å². The maximum atomic E-state index is 13.5. The standard InChI is InChI=1S/C17H22F4N2O4/c1-16(2,3)27-15(25)23-13(14(24)22-9-26-4)8-10-7-11(18)5-6-12(10)17(19,20)21/h5-7,13H,8-9H2,1-4H3,(H,22,24)(H,23,25). The summed E-state index contributed by atoms with van der Waals surface area (Å²) >= 11 is 0. The molecule has 0 bridgehead atoms. The fourth-order valence-corrected chi connectivity index (χ4v) is 2.15. The van der Waals surface area contributed by atoms with Gasteiger partial charge in [-0.15, -0.1) is 0 Å². The molecular weight excluding hydrogens is 372 g/mol. The number of benzene rings is 1. The normalized spacial score (nSPS) is 13.0. The minimum atomic E-state index is -4.75. The molecule has 0 saturated heterocycles. The van der Waals surface area contributed by atoms with Crippen molar-refractivity contribution in [3.05, 3.63) is 35.1 Å². The van der Waals surface area contributed by atoms with Gasteiger partial charge in [-0.2, -0.15) is 13.2 Å². The Balaban J connectivity index is 3.12. The van der Waals surface area contributed by atoms with E-state index in [4.69, 9.17) is 4.74 Å². The van der Waals surface area contributed by atoms with Crippen molar-refractivity contribution in [3.8, 4) is 0 Å². The van der Waals surface area contributed by atoms with E-state index in [0.29, 0.717) is 18.2 Å². The molecule has 1 atom stereocenters. The molecule has 2 amide bonds. The Bertz CT molecular complexity index is 672. The van der Waals surface area contributed by atoms with Crippen LogP contribution in [0.4, 0.5) is 22.4 Å². The van der Waals surface area contributed by atoms with Crippen LogP contribution in [0.15, 0.2) is 18.2 Å². The Hall–Kier alpha value is -2.36. The largest absolute Gasteiger partial charge is 0.444 e. The number of carbonyl (C=O) groups excluding carboxylic acids is 2. The molecule has 10 heteroatoms. The average molecular weight is 394 g/mol. The van der Waals surface area contributed by atoms with Gasteiger partial charge in [-0.25, -0.2) is 9.18 Å². The molecule has 2 N–H and O–H groups in total. The second kappa shape index (κ2) is 9.03. The van der Waals surface area contributed by atoms with Gasteiger partial charge in [-0.3, -0.25) is 4.79 Å². The number of alkyl halides is 3. The number of amides is 2. The van der Waals surface area contributed by atoms with Gasteiger partial charge < -0.3 is 20.1 Å². The molecule has 0 spiro atoms. The molecule has 0 radical (unpaired) electrons. The molecule has 1 aromatic carbocycles. The van der Waals surface area contributed by atoms with E-state index in [9.17, 15) is 27.2 Å². The summed E-state index contributed by atoms with van der Waals surface area (Å²) in [6.45, 7) is 4.53. The van der Waals surface area contributed by atoms with Gasteiger partial charge in [0.15, 0.2) is 0 Å². The molecule has 6 nitrogen and oxygen atoms in total. The zero-order chi connectivity index (χ0) is 20.8. The second-order valence-electron chi connectivity index (χ2n) is 6.68. The Kier molecular flexibility index (Phi) is 7.58. The summed E-state index contributed by atoms with van der Waals surface area (Å²) < 4.78 is 62.7. The highest BCUT2D eigenvalue weighted by Crippen LogP contribution is 2.33. The summed E-state index contributed by atoms with van der Waals surface area (Å²) in [6.07, 6.45) is -6.34. The van der Waals surface area contributed by atoms with E-state index in [1.165, 1.54) is 7.11 Å². The number of alkyl carbamates (subject to hydrolysis) is 1. The lowest BCUT2D eigenvalue weighted by Gasteiger charge is -2.24. The summed E-state index contributed by atoms with van der Waals surface area (Å²) in [4.78, 5) is 24.2. The highest BCUT2D eigenvalue weighted by molar-refractivity contribution is 5.86. The predicted molar refractivity (Wildman–Crippen MR) is 88.3 cm³/mol. The molecule has 0 heterocycles. The highest BCUT2D eigenvalue weighted by atomic mass is 19.4. The number of hydrogen-bond donors (Lipinski definition) is 2. The molecular formula is C17H22F4N2O4. The van der Waals surface area contributed by atoms with Crippen molar-refractivity contribution in [2.24, 2.45) is 0 Å². The minimum Gasteiger partial charge on any atom is -0.444 e. The number of hydrogen-bond acceptors (Lipinski definition) is 4. The maximum Gasteiger partial charge on any atom is 0.416 e. The smallest absolute Gasteiger partial charge is 0.416 e. The van der Waals surface area contributed by atoms with Crippen LogP contribution in [0.2, 0.25) is 0 Å². The van der Waals surface area contributed by atoms with Gasteiger partial charge in [0.1, 0.15) is 24.2 Å². The SMILES string of the molecule is COCNC(=O)C(Cc1cc(F)ccc1C(F)(F)F)NC(=O)OC(C)(C)C. The van der Waals surface area contributed by atoms with Gasteiger partial charge in [0.25, 0.3) is 0 Å². The van der Waals surface area contributed by atoms with E-state index in [1.54, 1.807) is 20.8 Å². The summed E-state index contributed by atoms with van der Waals surface area (Å²) in [6, 6.07) is 0.504. The van der Waals surface area contributed by atoms with E-state index >= 15 is 0 Å². The molecule has 0 aliphatic heterocycles. The van der Waals surface area contributed by atoms with E-state index in [1.807, 2.05) is 0 Å². The van der Waals surface area contributed by atoms with Crippen molar-refractivity contribution >= 4 is 12.0 Å². The van der Waals surface area contributed by atoms with Crippen molar-refractivity contribution in [1.82, 2.24) is 10.6 Å². The Morgan fingerprint density at radius 3 is 2.33 bits per heavy atom. The molecule has 0 aliphatic carbocycles. The predicted octanol–water partition coefficient (Wildman–Crippen LogP) is 3.00. The van der Waals surface area contributed by atoms with Gasteiger partial charge in [0.05, 0.1) is 5.56 Å². The first kappa shape index (κ1) is 22.7. The molecule has 1 unspecified atom stereocenters. The van der Waals surface area contributed by atoms with Crippen molar-refractivity contribution in [2.45, 2.75) is 45.0 Å². The van der Waals surface area contributed by atoms with E-state index in [0.717, 1.165) is 0 Å². The van der Waals surface area contributed by atoms with E-state index in [-0.39, 0.29) is 6.73 Å². The average Bonchev–Trinajstić information content (AvgIpc) is 2.48. The summed E-state index contributed by atoms with van der Waals surface area (Å²) in [5.74, 6) is -1.70. The van der Waals surface area contributed by atoms with Crippen LogP contribution >= 0.6 is 0 Å². The summed E-state index contributed by atoms with van der Waals surface area (Å²) in [7, 11) is 1.30. The van der Waals surface area contributed by atoms with Gasteiger partial charge in [-0.05, 0) is 44.5 Å². The molecule has 152 valence electrons. The zero-order valence-electron chi connectivity index (χ0n) is 15.4. The minimum absolute atomic E-state index is 0.222. The third kappa shape index (κ3) is 7.81. The lowest BCUT2D eigenvalue weighted by atomic mass is 9.99. The van der Waals surface area contributed by atoms with Crippen LogP contribution in [0.3, 0.4) is 0 Å². The van der Waals surface area contributed by atoms with Gasteiger partial charge in [-0.1, -0.05) is 0 Å². The van der Waals surface area contributed by atoms with Crippen LogP contribution in [-0.2, 0) is 26.9 Å². The van der Waals surface area contributed by atoms with Crippen LogP contribution in [0.1, 0.15) is 31.9 Å². The highest BCUT2D eigenvalue weighted by Gasteiger charge is 2.35. The molecule has 0 fully saturated rings. The lowest BCUT2D eigenvalue weighted by molar-refractivity contribution is -0.138. The molecule has 0 aromatic heterocycles. The zero-order valence-corrected chi connectivity index (χ0v) is 15.4. The fraction of sp³-hybridized carbons (Fsp3) is 0.529. The monoisotopic (exact) mass is 394 g/mol. The molecule has 27 heavy (non-hydrogen) atoms. The molecule has 0 aliphatic rings. The molecule has 1 rings (SSSR count). The first-order chi connectivity index (χ1) is 12.3. The van der Waals surface area contributed by atoms with Gasteiger partial charge >= 0.3 is 12.3 Å². The first-order valence-corrected chi connectivity index (χ1v) is 7.95. The van der Waals surface area contributed by atoms with Crippen LogP contribution in [0.25, 0.3) is 0 Å². The number of halogens is 4. The second-order valence-corrected chi connectivity index (χ2v) is 6.68. The lowest BCUT2D eigenvalue weighted by Crippen LogP contribution is -2.49. The van der Waals surface area contributed by atoms with Crippen LogP contribution in [0, 0.1) is 5.82 Å². The summed E-state index contributed by atoms with van der Waals surface area (Å²) in [5.41, 5.74) is -2.45. The number of ether oxygens (including phenoxy) is 2. The molecule has 0 saturated carbocycles.